The molecule has 0 bridgehead atoms. The Bertz CT molecular complexity index is 384. The number of benzene rings is 1. The fraction of sp³-hybridized carbons (Fsp3) is 0.300. The number of rotatable bonds is 1. The number of halogens is 2. The van der Waals surface area contributed by atoms with Gasteiger partial charge in [-0.15, -0.1) is 0 Å². The van der Waals surface area contributed by atoms with Crippen molar-refractivity contribution < 1.29 is 14.3 Å². The summed E-state index contributed by atoms with van der Waals surface area (Å²) in [5, 5.41) is 9.44. The summed E-state index contributed by atoms with van der Waals surface area (Å²) in [7, 11) is 0. The smallest absolute Gasteiger partial charge is 0.169 e. The monoisotopic (exact) mass is 260 g/mol. The van der Waals surface area contributed by atoms with E-state index in [2.05, 4.69) is 15.9 Å². The minimum absolute atomic E-state index is 0.0416. The molecule has 0 aromatic heterocycles. The van der Waals surface area contributed by atoms with E-state index in [1.165, 1.54) is 13.8 Å². The molecule has 0 aliphatic heterocycles. The first kappa shape index (κ1) is 11.2. The van der Waals surface area contributed by atoms with Crippen molar-refractivity contribution in [3.8, 4) is 5.75 Å². The number of phenolic OH excluding ortho intramolecular Hbond substituents is 1. The maximum absolute atomic E-state index is 13.4. The lowest BCUT2D eigenvalue weighted by atomic mass is 10.0. The van der Waals surface area contributed by atoms with Gasteiger partial charge < -0.3 is 5.11 Å². The van der Waals surface area contributed by atoms with E-state index in [1.54, 1.807) is 6.92 Å². The van der Waals surface area contributed by atoms with Gasteiger partial charge in [0.25, 0.3) is 0 Å². The number of aromatic hydroxyl groups is 1. The molecule has 0 fully saturated rings. The Balaban J connectivity index is 3.68. The molecule has 0 aliphatic rings. The topological polar surface area (TPSA) is 37.3 Å². The summed E-state index contributed by atoms with van der Waals surface area (Å²) in [6.45, 7) is 4.49. The number of ketones is 1. The lowest BCUT2D eigenvalue weighted by Crippen LogP contribution is -2.02. The van der Waals surface area contributed by atoms with E-state index >= 15 is 0 Å². The Labute approximate surface area is 89.9 Å². The van der Waals surface area contributed by atoms with Crippen LogP contribution >= 0.6 is 15.9 Å². The average molecular weight is 261 g/mol. The molecule has 1 N–H and O–H groups in total. The van der Waals surface area contributed by atoms with Crippen molar-refractivity contribution in [3.05, 3.63) is 27.0 Å². The molecular formula is C10H10BrFO2. The van der Waals surface area contributed by atoms with E-state index in [1.807, 2.05) is 0 Å². The second-order valence-electron chi connectivity index (χ2n) is 3.16. The minimum atomic E-state index is -0.743. The molecule has 0 amide bonds. The first-order chi connectivity index (χ1) is 6.37. The lowest BCUT2D eigenvalue weighted by Gasteiger charge is -2.11. The maximum atomic E-state index is 13.4. The third-order valence-electron chi connectivity index (χ3n) is 2.16. The Morgan fingerprint density at radius 1 is 1.36 bits per heavy atom. The number of carbonyl (C=O) groups is 1. The third-order valence-corrected chi connectivity index (χ3v) is 3.35. The molecule has 0 saturated heterocycles. The van der Waals surface area contributed by atoms with E-state index in [0.717, 1.165) is 0 Å². The fourth-order valence-electron chi connectivity index (χ4n) is 1.38. The summed E-state index contributed by atoms with van der Waals surface area (Å²) in [6, 6.07) is 0. The van der Waals surface area contributed by atoms with Crippen LogP contribution in [0.1, 0.15) is 28.4 Å². The second-order valence-corrected chi connectivity index (χ2v) is 3.95. The summed E-state index contributed by atoms with van der Waals surface area (Å²) in [6.07, 6.45) is 0. The van der Waals surface area contributed by atoms with Gasteiger partial charge >= 0.3 is 0 Å². The molecule has 1 aromatic carbocycles. The zero-order valence-electron chi connectivity index (χ0n) is 8.11. The molecule has 0 aliphatic carbocycles. The molecule has 14 heavy (non-hydrogen) atoms. The first-order valence-electron chi connectivity index (χ1n) is 4.06. The van der Waals surface area contributed by atoms with Crippen molar-refractivity contribution in [2.75, 3.05) is 0 Å². The highest BCUT2D eigenvalue weighted by Gasteiger charge is 2.20. The third kappa shape index (κ3) is 1.54. The molecule has 0 unspecified atom stereocenters. The van der Waals surface area contributed by atoms with Crippen LogP contribution in [0.25, 0.3) is 0 Å². The summed E-state index contributed by atoms with van der Waals surface area (Å²) in [5.41, 5.74) is 0.916. The van der Waals surface area contributed by atoms with Gasteiger partial charge in [0, 0.05) is 10.0 Å². The Kier molecular flexibility index (Phi) is 2.95. The number of Topliss-reactive ketones (excluding diaryl/α,β-unsaturated/α-hetero) is 1. The molecule has 0 spiro atoms. The molecule has 1 rings (SSSR count). The molecular weight excluding hydrogens is 251 g/mol. The van der Waals surface area contributed by atoms with Crippen molar-refractivity contribution in [1.82, 2.24) is 0 Å². The zero-order chi connectivity index (χ0) is 11.0. The van der Waals surface area contributed by atoms with Gasteiger partial charge in [0.05, 0.1) is 5.56 Å². The van der Waals surface area contributed by atoms with Crippen molar-refractivity contribution in [3.63, 3.8) is 0 Å². The van der Waals surface area contributed by atoms with Gasteiger partial charge in [-0.3, -0.25) is 4.79 Å². The van der Waals surface area contributed by atoms with Crippen LogP contribution in [0.3, 0.4) is 0 Å². The normalized spacial score (nSPS) is 10.4. The molecule has 0 radical (unpaired) electrons. The van der Waals surface area contributed by atoms with Gasteiger partial charge in [-0.25, -0.2) is 4.39 Å². The van der Waals surface area contributed by atoms with Crippen LogP contribution in [-0.4, -0.2) is 10.9 Å². The SMILES string of the molecule is CC(=O)c1c(C)c(Br)c(C)c(F)c1O. The standard InChI is InChI=1S/C10H10BrFO2/c1-4-7(6(3)13)10(14)9(12)5(2)8(4)11/h14H,1-3H3. The van der Waals surface area contributed by atoms with Crippen molar-refractivity contribution in [1.29, 1.82) is 0 Å². The quantitative estimate of drug-likeness (QED) is 0.788. The van der Waals surface area contributed by atoms with Gasteiger partial charge in [0.2, 0.25) is 0 Å². The van der Waals surface area contributed by atoms with Crippen molar-refractivity contribution >= 4 is 21.7 Å². The molecule has 4 heteroatoms. The van der Waals surface area contributed by atoms with Crippen LogP contribution in [0.15, 0.2) is 4.47 Å². The van der Waals surface area contributed by atoms with Crippen LogP contribution < -0.4 is 0 Å². The van der Waals surface area contributed by atoms with Crippen molar-refractivity contribution in [2.24, 2.45) is 0 Å². The molecule has 1 aromatic rings. The highest BCUT2D eigenvalue weighted by Crippen LogP contribution is 2.34. The van der Waals surface area contributed by atoms with Crippen molar-refractivity contribution in [2.45, 2.75) is 20.8 Å². The predicted molar refractivity (Wildman–Crippen MR) is 55.2 cm³/mol. The largest absolute Gasteiger partial charge is 0.504 e. The number of carbonyl (C=O) groups excluding carboxylic acids is 1. The van der Waals surface area contributed by atoms with Crippen LogP contribution in [0.5, 0.6) is 5.75 Å². The zero-order valence-corrected chi connectivity index (χ0v) is 9.70. The van der Waals surface area contributed by atoms with Gasteiger partial charge in [0.1, 0.15) is 0 Å². The fourth-order valence-corrected chi connectivity index (χ4v) is 1.76. The highest BCUT2D eigenvalue weighted by atomic mass is 79.9. The van der Waals surface area contributed by atoms with Crippen LogP contribution in [0.2, 0.25) is 0 Å². The van der Waals surface area contributed by atoms with Crippen LogP contribution in [0, 0.1) is 19.7 Å². The van der Waals surface area contributed by atoms with Gasteiger partial charge in [-0.1, -0.05) is 15.9 Å². The minimum Gasteiger partial charge on any atom is -0.504 e. The van der Waals surface area contributed by atoms with E-state index in [-0.39, 0.29) is 11.3 Å². The highest BCUT2D eigenvalue weighted by molar-refractivity contribution is 9.10. The van der Waals surface area contributed by atoms with Crippen LogP contribution in [-0.2, 0) is 0 Å². The number of phenols is 1. The van der Waals surface area contributed by atoms with Gasteiger partial charge in [-0.05, 0) is 26.3 Å². The average Bonchev–Trinajstić information content (AvgIpc) is 2.11. The van der Waals surface area contributed by atoms with Crippen LogP contribution in [0.4, 0.5) is 4.39 Å². The second kappa shape index (κ2) is 3.69. The molecule has 0 saturated carbocycles. The van der Waals surface area contributed by atoms with Gasteiger partial charge in [-0.2, -0.15) is 0 Å². The summed E-state index contributed by atoms with van der Waals surface area (Å²) < 4.78 is 13.9. The number of hydrogen-bond acceptors (Lipinski definition) is 2. The summed E-state index contributed by atoms with van der Waals surface area (Å²) in [5.74, 6) is -1.65. The van der Waals surface area contributed by atoms with E-state index < -0.39 is 11.6 Å². The molecule has 0 atom stereocenters. The predicted octanol–water partition coefficient (Wildman–Crippen LogP) is 3.11. The maximum Gasteiger partial charge on any atom is 0.169 e. The lowest BCUT2D eigenvalue weighted by molar-refractivity contribution is 0.101. The Morgan fingerprint density at radius 2 is 1.86 bits per heavy atom. The van der Waals surface area contributed by atoms with E-state index in [9.17, 15) is 14.3 Å². The van der Waals surface area contributed by atoms with Gasteiger partial charge in [0.15, 0.2) is 17.3 Å². The first-order valence-corrected chi connectivity index (χ1v) is 4.85. The number of hydrogen-bond donors (Lipinski definition) is 1. The summed E-state index contributed by atoms with van der Waals surface area (Å²) in [4.78, 5) is 11.2. The molecule has 0 heterocycles. The molecule has 76 valence electrons. The molecule has 2 nitrogen and oxygen atoms in total. The van der Waals surface area contributed by atoms with E-state index in [0.29, 0.717) is 15.6 Å². The Morgan fingerprint density at radius 3 is 2.29 bits per heavy atom. The summed E-state index contributed by atoms with van der Waals surface area (Å²) >= 11 is 3.18. The Hall–Kier alpha value is -0.900. The van der Waals surface area contributed by atoms with E-state index in [4.69, 9.17) is 0 Å².